The van der Waals surface area contributed by atoms with Crippen molar-refractivity contribution in [1.29, 1.82) is 0 Å². The second kappa shape index (κ2) is 9.40. The molecular weight excluding hydrogens is 496 g/mol. The van der Waals surface area contributed by atoms with Gasteiger partial charge in [-0.05, 0) is 36.8 Å². The molecular formula is C21H19Cl2F3N6O2. The number of carbonyl (C=O) groups excluding carboxylic acids is 1. The van der Waals surface area contributed by atoms with Gasteiger partial charge in [0.05, 0.1) is 24.4 Å². The molecule has 1 saturated heterocycles. The highest BCUT2D eigenvalue weighted by molar-refractivity contribution is 6.32. The molecule has 8 nitrogen and oxygen atoms in total. The van der Waals surface area contributed by atoms with E-state index in [4.69, 9.17) is 23.2 Å². The number of pyridine rings is 1. The number of β-amino-alcohol motifs (C(OH)–C–C–N with tert-alkyl or cyclic N) is 1. The van der Waals surface area contributed by atoms with E-state index >= 15 is 0 Å². The molecule has 1 aliphatic heterocycles. The second-order valence-electron chi connectivity index (χ2n) is 7.84. The van der Waals surface area contributed by atoms with E-state index < -0.39 is 35.2 Å². The fraction of sp³-hybridized carbons (Fsp3) is 0.333. The molecule has 0 aliphatic carbocycles. The lowest BCUT2D eigenvalue weighted by atomic mass is 10.1. The number of carbonyl (C=O) groups is 1. The van der Waals surface area contributed by atoms with E-state index in [0.29, 0.717) is 23.2 Å². The summed E-state index contributed by atoms with van der Waals surface area (Å²) < 4.78 is 40.4. The van der Waals surface area contributed by atoms with E-state index in [9.17, 15) is 23.1 Å². The number of amides is 2. The third-order valence-corrected chi connectivity index (χ3v) is 5.98. The number of hydrogen-bond donors (Lipinski definition) is 2. The van der Waals surface area contributed by atoms with Gasteiger partial charge in [0.2, 0.25) is 0 Å². The Kier molecular flexibility index (Phi) is 6.70. The molecule has 1 aromatic carbocycles. The number of aromatic nitrogens is 4. The molecule has 3 heterocycles. The number of hydrogen-bond acceptors (Lipinski definition) is 5. The van der Waals surface area contributed by atoms with Crippen LogP contribution in [0, 0.1) is 6.92 Å². The Morgan fingerprint density at radius 1 is 1.18 bits per heavy atom. The van der Waals surface area contributed by atoms with Crippen molar-refractivity contribution in [3.8, 4) is 0 Å². The highest BCUT2D eigenvalue weighted by atomic mass is 35.5. The molecule has 180 valence electrons. The molecule has 0 spiro atoms. The van der Waals surface area contributed by atoms with Crippen LogP contribution in [-0.4, -0.2) is 48.4 Å². The van der Waals surface area contributed by atoms with Crippen molar-refractivity contribution in [2.75, 3.05) is 11.9 Å². The number of aliphatic hydroxyl groups is 1. The van der Waals surface area contributed by atoms with Gasteiger partial charge in [-0.15, -0.1) is 10.2 Å². The molecule has 0 radical (unpaired) electrons. The van der Waals surface area contributed by atoms with E-state index in [-0.39, 0.29) is 18.7 Å². The third kappa shape index (κ3) is 5.11. The van der Waals surface area contributed by atoms with Crippen molar-refractivity contribution in [3.63, 3.8) is 0 Å². The molecule has 34 heavy (non-hydrogen) atoms. The highest BCUT2D eigenvalue weighted by Gasteiger charge is 2.39. The Bertz CT molecular complexity index is 1200. The summed E-state index contributed by atoms with van der Waals surface area (Å²) in [7, 11) is 0. The fourth-order valence-corrected chi connectivity index (χ4v) is 4.09. The summed E-state index contributed by atoms with van der Waals surface area (Å²) in [6.45, 7) is 2.19. The minimum absolute atomic E-state index is 0.00493. The van der Waals surface area contributed by atoms with Crippen molar-refractivity contribution >= 4 is 34.9 Å². The number of nitrogens with zero attached hydrogens (tertiary/aromatic N) is 5. The number of rotatable bonds is 4. The van der Waals surface area contributed by atoms with Gasteiger partial charge in [-0.1, -0.05) is 35.3 Å². The van der Waals surface area contributed by atoms with Crippen LogP contribution in [-0.2, 0) is 12.7 Å². The van der Waals surface area contributed by atoms with E-state index in [0.717, 1.165) is 17.7 Å². The monoisotopic (exact) mass is 514 g/mol. The summed E-state index contributed by atoms with van der Waals surface area (Å²) in [5, 5.41) is 21.2. The average Bonchev–Trinajstić information content (AvgIpc) is 3.33. The lowest BCUT2D eigenvalue weighted by Crippen LogP contribution is -2.36. The number of aryl methyl sites for hydroxylation is 1. The summed E-state index contributed by atoms with van der Waals surface area (Å²) in [6, 6.07) is 7.72. The number of alkyl halides is 3. The first-order valence-corrected chi connectivity index (χ1v) is 10.9. The minimum atomic E-state index is -4.66. The van der Waals surface area contributed by atoms with Crippen LogP contribution in [0.2, 0.25) is 10.2 Å². The van der Waals surface area contributed by atoms with Gasteiger partial charge in [0, 0.05) is 18.0 Å². The number of likely N-dealkylation sites (tertiary alicyclic amines) is 1. The Morgan fingerprint density at radius 2 is 1.88 bits per heavy atom. The number of nitrogens with one attached hydrogen (secondary N) is 1. The number of benzene rings is 1. The van der Waals surface area contributed by atoms with Gasteiger partial charge in [0.15, 0.2) is 11.0 Å². The van der Waals surface area contributed by atoms with Crippen LogP contribution in [0.3, 0.4) is 0 Å². The molecule has 2 N–H and O–H groups in total. The van der Waals surface area contributed by atoms with Crippen LogP contribution in [0.5, 0.6) is 0 Å². The van der Waals surface area contributed by atoms with Gasteiger partial charge in [0.1, 0.15) is 11.5 Å². The fourth-order valence-electron chi connectivity index (χ4n) is 3.77. The van der Waals surface area contributed by atoms with Crippen molar-refractivity contribution in [3.05, 3.63) is 69.5 Å². The predicted molar refractivity (Wildman–Crippen MR) is 119 cm³/mol. The molecule has 2 amide bonds. The van der Waals surface area contributed by atoms with Gasteiger partial charge in [-0.2, -0.15) is 13.2 Å². The molecule has 2 atom stereocenters. The topological polar surface area (TPSA) is 96.2 Å². The Labute approximate surface area is 202 Å². The smallest absolute Gasteiger partial charge is 0.391 e. The quantitative estimate of drug-likeness (QED) is 0.492. The van der Waals surface area contributed by atoms with Crippen LogP contribution < -0.4 is 5.32 Å². The molecule has 0 unspecified atom stereocenters. The Morgan fingerprint density at radius 3 is 2.53 bits per heavy atom. The van der Waals surface area contributed by atoms with Crippen molar-refractivity contribution < 1.29 is 23.1 Å². The van der Waals surface area contributed by atoms with Crippen LogP contribution in [0.15, 0.2) is 36.4 Å². The van der Waals surface area contributed by atoms with Crippen LogP contribution in [0.4, 0.5) is 23.7 Å². The number of aliphatic hydroxyl groups excluding tert-OH is 1. The first-order chi connectivity index (χ1) is 16.0. The number of urea groups is 1. The number of halogens is 5. The molecule has 0 saturated carbocycles. The second-order valence-corrected chi connectivity index (χ2v) is 8.63. The summed E-state index contributed by atoms with van der Waals surface area (Å²) in [5.74, 6) is 1.08. The Balaban J connectivity index is 1.57. The van der Waals surface area contributed by atoms with Crippen LogP contribution in [0.1, 0.15) is 35.4 Å². The largest absolute Gasteiger partial charge is 0.433 e. The lowest BCUT2D eigenvalue weighted by molar-refractivity contribution is -0.141. The standard InChI is InChI=1S/C21H19Cl2F3N6O2/c1-11-29-30-19(31(11)9-12-2-4-13(22)5-3-12)16-8-14(33)10-32(16)20(34)27-15-6-7-17(21(24,25)26)28-18(15)23/h2-7,14,16,33H,8-10H2,1H3,(H,27,34)/t14-,16+/m0/s1. The predicted octanol–water partition coefficient (Wildman–Crippen LogP) is 4.70. The zero-order valence-electron chi connectivity index (χ0n) is 17.7. The number of anilines is 1. The van der Waals surface area contributed by atoms with Gasteiger partial charge >= 0.3 is 12.2 Å². The maximum Gasteiger partial charge on any atom is 0.433 e. The van der Waals surface area contributed by atoms with Crippen LogP contribution >= 0.6 is 23.2 Å². The average molecular weight is 515 g/mol. The summed E-state index contributed by atoms with van der Waals surface area (Å²) in [6.07, 6.45) is -5.27. The van der Waals surface area contributed by atoms with E-state index in [1.165, 1.54) is 4.90 Å². The highest BCUT2D eigenvalue weighted by Crippen LogP contribution is 2.34. The maximum absolute atomic E-state index is 13.0. The first-order valence-electron chi connectivity index (χ1n) is 10.2. The van der Waals surface area contributed by atoms with Gasteiger partial charge in [0.25, 0.3) is 0 Å². The minimum Gasteiger partial charge on any atom is -0.391 e. The van der Waals surface area contributed by atoms with Gasteiger partial charge in [-0.3, -0.25) is 0 Å². The molecule has 2 aromatic heterocycles. The van der Waals surface area contributed by atoms with Crippen LogP contribution in [0.25, 0.3) is 0 Å². The zero-order valence-corrected chi connectivity index (χ0v) is 19.2. The van der Waals surface area contributed by atoms with Crippen molar-refractivity contribution in [2.45, 2.75) is 38.2 Å². The van der Waals surface area contributed by atoms with Gasteiger partial charge in [-0.25, -0.2) is 9.78 Å². The molecule has 1 fully saturated rings. The molecule has 4 rings (SSSR count). The zero-order chi connectivity index (χ0) is 24.6. The normalized spacial score (nSPS) is 18.4. The van der Waals surface area contributed by atoms with E-state index in [2.05, 4.69) is 20.5 Å². The van der Waals surface area contributed by atoms with Crippen molar-refractivity contribution in [2.24, 2.45) is 0 Å². The summed E-state index contributed by atoms with van der Waals surface area (Å²) in [5.41, 5.74) is -0.319. The maximum atomic E-state index is 13.0. The van der Waals surface area contributed by atoms with E-state index in [1.807, 2.05) is 16.7 Å². The SMILES string of the molecule is Cc1nnc([C@H]2C[C@H](O)CN2C(=O)Nc2ccc(C(F)(F)F)nc2Cl)n1Cc1ccc(Cl)cc1. The van der Waals surface area contributed by atoms with E-state index in [1.54, 1.807) is 19.1 Å². The molecule has 1 aliphatic rings. The molecule has 3 aromatic rings. The molecule has 0 bridgehead atoms. The van der Waals surface area contributed by atoms with Gasteiger partial charge < -0.3 is 19.9 Å². The van der Waals surface area contributed by atoms with Crippen molar-refractivity contribution in [1.82, 2.24) is 24.6 Å². The Hall–Kier alpha value is -2.89. The third-order valence-electron chi connectivity index (χ3n) is 5.44. The first kappa shape index (κ1) is 24.2. The summed E-state index contributed by atoms with van der Waals surface area (Å²) in [4.78, 5) is 17.7. The lowest BCUT2D eigenvalue weighted by Gasteiger charge is -2.25. The molecule has 13 heteroatoms. The summed E-state index contributed by atoms with van der Waals surface area (Å²) >= 11 is 11.8.